The fourth-order valence-electron chi connectivity index (χ4n) is 1.79. The summed E-state index contributed by atoms with van der Waals surface area (Å²) in [7, 11) is 0. The molecule has 0 saturated carbocycles. The number of benzene rings is 1. The lowest BCUT2D eigenvalue weighted by Gasteiger charge is -2.10. The van der Waals surface area contributed by atoms with Crippen molar-refractivity contribution in [1.29, 1.82) is 0 Å². The molecule has 0 aliphatic carbocycles. The van der Waals surface area contributed by atoms with Gasteiger partial charge in [0.15, 0.2) is 0 Å². The first-order valence-electron chi connectivity index (χ1n) is 6.74. The molecule has 0 fully saturated rings. The summed E-state index contributed by atoms with van der Waals surface area (Å²) in [6.45, 7) is 6.79. The monoisotopic (exact) mass is 248 g/mol. The van der Waals surface area contributed by atoms with Crippen LogP contribution in [0.4, 0.5) is 5.69 Å². The minimum atomic E-state index is 0.0973. The van der Waals surface area contributed by atoms with Crippen molar-refractivity contribution in [2.75, 3.05) is 11.9 Å². The second kappa shape index (κ2) is 7.75. The van der Waals surface area contributed by atoms with Gasteiger partial charge in [0, 0.05) is 24.7 Å². The number of aryl methyl sites for hydroxylation is 1. The van der Waals surface area contributed by atoms with Crippen LogP contribution in [-0.4, -0.2) is 18.5 Å². The SMILES string of the molecule is CCCc1ccc(NCCC(=O)NC(C)C)cc1. The molecular formula is C15H24N2O. The van der Waals surface area contributed by atoms with Gasteiger partial charge in [-0.1, -0.05) is 25.5 Å². The van der Waals surface area contributed by atoms with E-state index in [0.717, 1.165) is 12.1 Å². The molecule has 0 aliphatic rings. The Morgan fingerprint density at radius 3 is 2.44 bits per heavy atom. The Bertz CT molecular complexity index is 357. The zero-order valence-corrected chi connectivity index (χ0v) is 11.6. The summed E-state index contributed by atoms with van der Waals surface area (Å²) in [5, 5.41) is 6.13. The molecule has 1 amide bonds. The van der Waals surface area contributed by atoms with Crippen LogP contribution in [-0.2, 0) is 11.2 Å². The van der Waals surface area contributed by atoms with Crippen molar-refractivity contribution in [2.24, 2.45) is 0 Å². The molecule has 0 aromatic heterocycles. The molecule has 2 N–H and O–H groups in total. The number of carbonyl (C=O) groups excluding carboxylic acids is 1. The van der Waals surface area contributed by atoms with E-state index >= 15 is 0 Å². The van der Waals surface area contributed by atoms with Crippen molar-refractivity contribution in [1.82, 2.24) is 5.32 Å². The van der Waals surface area contributed by atoms with Gasteiger partial charge in [-0.3, -0.25) is 4.79 Å². The lowest BCUT2D eigenvalue weighted by Crippen LogP contribution is -2.31. The van der Waals surface area contributed by atoms with Gasteiger partial charge in [0.2, 0.25) is 5.91 Å². The molecule has 3 heteroatoms. The Morgan fingerprint density at radius 1 is 1.22 bits per heavy atom. The maximum Gasteiger partial charge on any atom is 0.221 e. The van der Waals surface area contributed by atoms with Crippen LogP contribution < -0.4 is 10.6 Å². The second-order valence-electron chi connectivity index (χ2n) is 4.85. The molecule has 1 aromatic carbocycles. The highest BCUT2D eigenvalue weighted by Gasteiger charge is 2.02. The van der Waals surface area contributed by atoms with Crippen LogP contribution >= 0.6 is 0 Å². The van der Waals surface area contributed by atoms with Gasteiger partial charge in [-0.15, -0.1) is 0 Å². The van der Waals surface area contributed by atoms with E-state index in [2.05, 4.69) is 41.8 Å². The largest absolute Gasteiger partial charge is 0.385 e. The van der Waals surface area contributed by atoms with E-state index < -0.39 is 0 Å². The molecule has 1 aromatic rings. The predicted octanol–water partition coefficient (Wildman–Crippen LogP) is 2.97. The average Bonchev–Trinajstić information content (AvgIpc) is 2.31. The van der Waals surface area contributed by atoms with Crippen molar-refractivity contribution in [2.45, 2.75) is 46.1 Å². The first kappa shape index (κ1) is 14.6. The first-order valence-corrected chi connectivity index (χ1v) is 6.74. The molecule has 3 nitrogen and oxygen atoms in total. The zero-order valence-electron chi connectivity index (χ0n) is 11.6. The summed E-state index contributed by atoms with van der Waals surface area (Å²) < 4.78 is 0. The molecule has 1 rings (SSSR count). The van der Waals surface area contributed by atoms with E-state index in [0.29, 0.717) is 13.0 Å². The molecule has 0 aliphatic heterocycles. The molecular weight excluding hydrogens is 224 g/mol. The van der Waals surface area contributed by atoms with Gasteiger partial charge in [0.25, 0.3) is 0 Å². The third-order valence-corrected chi connectivity index (χ3v) is 2.62. The Hall–Kier alpha value is -1.51. The minimum absolute atomic E-state index is 0.0973. The van der Waals surface area contributed by atoms with Crippen LogP contribution in [0, 0.1) is 0 Å². The Morgan fingerprint density at radius 2 is 1.89 bits per heavy atom. The lowest BCUT2D eigenvalue weighted by molar-refractivity contribution is -0.121. The molecule has 0 saturated heterocycles. The van der Waals surface area contributed by atoms with Gasteiger partial charge < -0.3 is 10.6 Å². The van der Waals surface area contributed by atoms with Crippen molar-refractivity contribution in [3.05, 3.63) is 29.8 Å². The molecule has 100 valence electrons. The molecule has 0 bridgehead atoms. The van der Waals surface area contributed by atoms with E-state index in [1.165, 1.54) is 12.0 Å². The van der Waals surface area contributed by atoms with Gasteiger partial charge in [-0.25, -0.2) is 0 Å². The van der Waals surface area contributed by atoms with Crippen molar-refractivity contribution in [3.63, 3.8) is 0 Å². The molecule has 0 radical (unpaired) electrons. The Kier molecular flexibility index (Phi) is 6.26. The Balaban J connectivity index is 2.28. The summed E-state index contributed by atoms with van der Waals surface area (Å²) in [5.41, 5.74) is 2.44. The van der Waals surface area contributed by atoms with Crippen LogP contribution in [0.5, 0.6) is 0 Å². The maximum absolute atomic E-state index is 11.4. The summed E-state index contributed by atoms with van der Waals surface area (Å²) in [6, 6.07) is 8.64. The summed E-state index contributed by atoms with van der Waals surface area (Å²) in [4.78, 5) is 11.4. The standard InChI is InChI=1S/C15H24N2O/c1-4-5-13-6-8-14(9-7-13)16-11-10-15(18)17-12(2)3/h6-9,12,16H,4-5,10-11H2,1-3H3,(H,17,18). The molecule has 0 unspecified atom stereocenters. The first-order chi connectivity index (χ1) is 8.61. The zero-order chi connectivity index (χ0) is 13.4. The summed E-state index contributed by atoms with van der Waals surface area (Å²) in [5.74, 6) is 0.0973. The lowest BCUT2D eigenvalue weighted by atomic mass is 10.1. The Labute approximate surface area is 110 Å². The van der Waals surface area contributed by atoms with Gasteiger partial charge in [-0.05, 0) is 38.0 Å². The summed E-state index contributed by atoms with van der Waals surface area (Å²) in [6.07, 6.45) is 2.80. The fourth-order valence-corrected chi connectivity index (χ4v) is 1.79. The number of anilines is 1. The fraction of sp³-hybridized carbons (Fsp3) is 0.533. The molecule has 0 heterocycles. The van der Waals surface area contributed by atoms with Gasteiger partial charge >= 0.3 is 0 Å². The van der Waals surface area contributed by atoms with Crippen LogP contribution in [0.3, 0.4) is 0 Å². The third-order valence-electron chi connectivity index (χ3n) is 2.62. The molecule has 0 spiro atoms. The van der Waals surface area contributed by atoms with Gasteiger partial charge in [0.1, 0.15) is 0 Å². The molecule has 18 heavy (non-hydrogen) atoms. The predicted molar refractivity (Wildman–Crippen MR) is 76.8 cm³/mol. The summed E-state index contributed by atoms with van der Waals surface area (Å²) >= 11 is 0. The number of amides is 1. The maximum atomic E-state index is 11.4. The van der Waals surface area contributed by atoms with Crippen molar-refractivity contribution in [3.8, 4) is 0 Å². The van der Waals surface area contributed by atoms with E-state index in [-0.39, 0.29) is 11.9 Å². The van der Waals surface area contributed by atoms with Crippen molar-refractivity contribution < 1.29 is 4.79 Å². The van der Waals surface area contributed by atoms with Crippen LogP contribution in [0.2, 0.25) is 0 Å². The van der Waals surface area contributed by atoms with E-state index in [9.17, 15) is 4.79 Å². The smallest absolute Gasteiger partial charge is 0.221 e. The minimum Gasteiger partial charge on any atom is -0.385 e. The number of hydrogen-bond acceptors (Lipinski definition) is 2. The number of hydrogen-bond donors (Lipinski definition) is 2. The highest BCUT2D eigenvalue weighted by molar-refractivity contribution is 5.76. The van der Waals surface area contributed by atoms with Crippen LogP contribution in [0.15, 0.2) is 24.3 Å². The van der Waals surface area contributed by atoms with Crippen molar-refractivity contribution >= 4 is 11.6 Å². The topological polar surface area (TPSA) is 41.1 Å². The van der Waals surface area contributed by atoms with E-state index in [1.807, 2.05) is 13.8 Å². The third kappa shape index (κ3) is 5.71. The van der Waals surface area contributed by atoms with Crippen LogP contribution in [0.1, 0.15) is 39.2 Å². The van der Waals surface area contributed by atoms with Gasteiger partial charge in [-0.2, -0.15) is 0 Å². The highest BCUT2D eigenvalue weighted by atomic mass is 16.1. The highest BCUT2D eigenvalue weighted by Crippen LogP contribution is 2.10. The van der Waals surface area contributed by atoms with E-state index in [4.69, 9.17) is 0 Å². The van der Waals surface area contributed by atoms with Crippen LogP contribution in [0.25, 0.3) is 0 Å². The number of rotatable bonds is 7. The average molecular weight is 248 g/mol. The van der Waals surface area contributed by atoms with E-state index in [1.54, 1.807) is 0 Å². The molecule has 0 atom stereocenters. The quantitative estimate of drug-likeness (QED) is 0.779. The normalized spacial score (nSPS) is 10.4. The number of carbonyl (C=O) groups is 1. The van der Waals surface area contributed by atoms with Gasteiger partial charge in [0.05, 0.1) is 0 Å². The number of nitrogens with one attached hydrogen (secondary N) is 2. The second-order valence-corrected chi connectivity index (χ2v) is 4.85.